The average molecular weight is 400 g/mol. The normalized spacial score (nSPS) is 12.2. The molecule has 0 saturated heterocycles. The molecular formula is C18H16F4N2O4. The van der Waals surface area contributed by atoms with E-state index in [1.807, 2.05) is 0 Å². The van der Waals surface area contributed by atoms with Gasteiger partial charge in [0.15, 0.2) is 0 Å². The Bertz CT molecular complexity index is 825. The fraction of sp³-hybridized carbons (Fsp3) is 0.222. The molecule has 0 radical (unpaired) electrons. The molecule has 0 unspecified atom stereocenters. The molecule has 0 bridgehead atoms. The van der Waals surface area contributed by atoms with Gasteiger partial charge in [-0.15, -0.1) is 13.2 Å². The highest BCUT2D eigenvalue weighted by atomic mass is 19.4. The molecule has 2 aromatic rings. The number of rotatable bonds is 6. The second kappa shape index (κ2) is 9.18. The van der Waals surface area contributed by atoms with Crippen LogP contribution in [0.15, 0.2) is 48.5 Å². The zero-order chi connectivity index (χ0) is 20.7. The van der Waals surface area contributed by atoms with Crippen molar-refractivity contribution >= 4 is 17.5 Å². The molecule has 0 heterocycles. The third-order valence-corrected chi connectivity index (χ3v) is 3.50. The number of alkyl halides is 3. The van der Waals surface area contributed by atoms with Crippen LogP contribution in [0.1, 0.15) is 11.7 Å². The van der Waals surface area contributed by atoms with Crippen molar-refractivity contribution in [3.05, 3.63) is 59.9 Å². The summed E-state index contributed by atoms with van der Waals surface area (Å²) < 4.78 is 58.5. The first-order valence-corrected chi connectivity index (χ1v) is 7.91. The highest BCUT2D eigenvalue weighted by Crippen LogP contribution is 2.24. The zero-order valence-corrected chi connectivity index (χ0v) is 14.5. The lowest BCUT2D eigenvalue weighted by atomic mass is 10.1. The lowest BCUT2D eigenvalue weighted by Crippen LogP contribution is -2.38. The first-order chi connectivity index (χ1) is 13.2. The Morgan fingerprint density at radius 2 is 1.75 bits per heavy atom. The number of amides is 2. The largest absolute Gasteiger partial charge is 0.573 e. The Kier molecular flexibility index (Phi) is 6.94. The van der Waals surface area contributed by atoms with Crippen molar-refractivity contribution in [1.82, 2.24) is 5.32 Å². The van der Waals surface area contributed by atoms with Crippen LogP contribution in [-0.2, 0) is 14.3 Å². The molecule has 2 N–H and O–H groups in total. The minimum Gasteiger partial charge on any atom is -0.406 e. The average Bonchev–Trinajstić information content (AvgIpc) is 2.62. The summed E-state index contributed by atoms with van der Waals surface area (Å²) in [7, 11) is 1.37. The molecule has 0 fully saturated rings. The van der Waals surface area contributed by atoms with E-state index in [0.29, 0.717) is 5.56 Å². The first kappa shape index (κ1) is 21.2. The van der Waals surface area contributed by atoms with Crippen molar-refractivity contribution in [2.24, 2.45) is 0 Å². The number of hydrogen-bond acceptors (Lipinski definition) is 4. The lowest BCUT2D eigenvalue weighted by Gasteiger charge is -2.16. The maximum absolute atomic E-state index is 13.3. The smallest absolute Gasteiger partial charge is 0.406 e. The van der Waals surface area contributed by atoms with Crippen molar-refractivity contribution in [1.29, 1.82) is 0 Å². The number of halogens is 4. The van der Waals surface area contributed by atoms with E-state index in [2.05, 4.69) is 15.4 Å². The van der Waals surface area contributed by atoms with E-state index in [0.717, 1.165) is 24.3 Å². The standard InChI is InChI=1S/C18H16F4N2O4/c1-27-15(11-3-2-4-12(19)9-11)10-23-16(25)17(26)24-13-5-7-14(8-6-13)28-18(20,21)22/h2-9,15H,10H2,1H3,(H,23,25)(H,24,26)/t15-/m0/s1. The van der Waals surface area contributed by atoms with Gasteiger partial charge in [0.05, 0.1) is 6.10 Å². The second-order valence-corrected chi connectivity index (χ2v) is 5.52. The van der Waals surface area contributed by atoms with Crippen molar-refractivity contribution in [3.63, 3.8) is 0 Å². The molecule has 0 aliphatic rings. The highest BCUT2D eigenvalue weighted by Gasteiger charge is 2.31. The molecule has 2 rings (SSSR count). The minimum atomic E-state index is -4.83. The van der Waals surface area contributed by atoms with Crippen LogP contribution < -0.4 is 15.4 Å². The summed E-state index contributed by atoms with van der Waals surface area (Å²) in [6.45, 7) is -0.0927. The van der Waals surface area contributed by atoms with Crippen LogP contribution in [-0.4, -0.2) is 31.8 Å². The Morgan fingerprint density at radius 3 is 2.32 bits per heavy atom. The lowest BCUT2D eigenvalue weighted by molar-refractivity contribution is -0.274. The fourth-order valence-corrected chi connectivity index (χ4v) is 2.24. The SMILES string of the molecule is CO[C@@H](CNC(=O)C(=O)Nc1ccc(OC(F)(F)F)cc1)c1cccc(F)c1. The Balaban J connectivity index is 1.89. The van der Waals surface area contributed by atoms with Gasteiger partial charge in [-0.3, -0.25) is 9.59 Å². The zero-order valence-electron chi connectivity index (χ0n) is 14.5. The van der Waals surface area contributed by atoms with E-state index < -0.39 is 35.8 Å². The molecule has 0 aliphatic carbocycles. The number of anilines is 1. The fourth-order valence-electron chi connectivity index (χ4n) is 2.24. The molecule has 10 heteroatoms. The molecule has 0 aromatic heterocycles. The summed E-state index contributed by atoms with van der Waals surface area (Å²) in [5.41, 5.74) is 0.576. The van der Waals surface area contributed by atoms with Gasteiger partial charge < -0.3 is 20.1 Å². The molecule has 1 atom stereocenters. The molecule has 0 spiro atoms. The third-order valence-electron chi connectivity index (χ3n) is 3.50. The van der Waals surface area contributed by atoms with Crippen LogP contribution in [0.3, 0.4) is 0 Å². The number of ether oxygens (including phenoxy) is 2. The summed E-state index contributed by atoms with van der Waals surface area (Å²) in [5.74, 6) is -2.96. The Morgan fingerprint density at radius 1 is 1.07 bits per heavy atom. The van der Waals surface area contributed by atoms with Crippen LogP contribution in [0, 0.1) is 5.82 Å². The maximum atomic E-state index is 13.3. The number of benzene rings is 2. The van der Waals surface area contributed by atoms with E-state index in [-0.39, 0.29) is 12.2 Å². The van der Waals surface area contributed by atoms with Gasteiger partial charge in [-0.2, -0.15) is 0 Å². The first-order valence-electron chi connectivity index (χ1n) is 7.91. The van der Waals surface area contributed by atoms with Crippen molar-refractivity contribution in [3.8, 4) is 5.75 Å². The molecule has 6 nitrogen and oxygen atoms in total. The van der Waals surface area contributed by atoms with Crippen LogP contribution in [0.5, 0.6) is 5.75 Å². The van der Waals surface area contributed by atoms with Crippen molar-refractivity contribution < 1.29 is 36.6 Å². The summed E-state index contributed by atoms with van der Waals surface area (Å²) in [6, 6.07) is 9.87. The number of hydrogen-bond donors (Lipinski definition) is 2. The van der Waals surface area contributed by atoms with E-state index in [1.54, 1.807) is 6.07 Å². The van der Waals surface area contributed by atoms with Gasteiger partial charge in [-0.1, -0.05) is 12.1 Å². The molecular weight excluding hydrogens is 384 g/mol. The summed E-state index contributed by atoms with van der Waals surface area (Å²) >= 11 is 0. The van der Waals surface area contributed by atoms with Gasteiger partial charge in [0.1, 0.15) is 11.6 Å². The number of methoxy groups -OCH3 is 1. The summed E-state index contributed by atoms with van der Waals surface area (Å²) in [4.78, 5) is 23.8. The topological polar surface area (TPSA) is 76.7 Å². The van der Waals surface area contributed by atoms with Crippen molar-refractivity contribution in [2.75, 3.05) is 19.0 Å². The van der Waals surface area contributed by atoms with Crippen molar-refractivity contribution in [2.45, 2.75) is 12.5 Å². The van der Waals surface area contributed by atoms with Crippen LogP contribution in [0.25, 0.3) is 0 Å². The van der Waals surface area contributed by atoms with Gasteiger partial charge in [-0.05, 0) is 42.0 Å². The molecule has 0 aliphatic heterocycles. The monoisotopic (exact) mass is 400 g/mol. The molecule has 28 heavy (non-hydrogen) atoms. The van der Waals surface area contributed by atoms with Gasteiger partial charge in [0.2, 0.25) is 0 Å². The van der Waals surface area contributed by atoms with Crippen LogP contribution in [0.2, 0.25) is 0 Å². The summed E-state index contributed by atoms with van der Waals surface area (Å²) in [6.07, 6.45) is -5.50. The number of carbonyl (C=O) groups excluding carboxylic acids is 2. The van der Waals surface area contributed by atoms with Gasteiger partial charge in [0.25, 0.3) is 0 Å². The van der Waals surface area contributed by atoms with Crippen LogP contribution >= 0.6 is 0 Å². The second-order valence-electron chi connectivity index (χ2n) is 5.52. The predicted octanol–water partition coefficient (Wildman–Crippen LogP) is 3.17. The van der Waals surface area contributed by atoms with Gasteiger partial charge in [0, 0.05) is 19.3 Å². The van der Waals surface area contributed by atoms with E-state index >= 15 is 0 Å². The minimum absolute atomic E-state index is 0.0927. The molecule has 150 valence electrons. The maximum Gasteiger partial charge on any atom is 0.573 e. The van der Waals surface area contributed by atoms with Crippen LogP contribution in [0.4, 0.5) is 23.2 Å². The molecule has 2 aromatic carbocycles. The quantitative estimate of drug-likeness (QED) is 0.577. The Hall–Kier alpha value is -3.14. The number of nitrogens with one attached hydrogen (secondary N) is 2. The molecule has 0 saturated carbocycles. The predicted molar refractivity (Wildman–Crippen MR) is 90.9 cm³/mol. The highest BCUT2D eigenvalue weighted by molar-refractivity contribution is 6.39. The molecule has 2 amide bonds. The summed E-state index contributed by atoms with van der Waals surface area (Å²) in [5, 5.41) is 4.58. The number of carbonyl (C=O) groups is 2. The van der Waals surface area contributed by atoms with E-state index in [4.69, 9.17) is 4.74 Å². The Labute approximate surface area is 157 Å². The third kappa shape index (κ3) is 6.54. The van der Waals surface area contributed by atoms with E-state index in [9.17, 15) is 27.2 Å². The van der Waals surface area contributed by atoms with E-state index in [1.165, 1.54) is 25.3 Å². The van der Waals surface area contributed by atoms with Gasteiger partial charge >= 0.3 is 18.2 Å². The van der Waals surface area contributed by atoms with Gasteiger partial charge in [-0.25, -0.2) is 4.39 Å².